The number of ether oxygens (including phenoxy) is 1. The number of nitrogens with one attached hydrogen (secondary N) is 1. The molecule has 1 aliphatic carbocycles. The molecule has 2 rings (SSSR count). The lowest BCUT2D eigenvalue weighted by molar-refractivity contribution is 0.411. The Kier molecular flexibility index (Phi) is 4.82. The molecule has 1 aromatic carbocycles. The van der Waals surface area contributed by atoms with Gasteiger partial charge in [-0.1, -0.05) is 24.3 Å². The molecule has 1 unspecified atom stereocenters. The molecule has 0 bridgehead atoms. The van der Waals surface area contributed by atoms with Gasteiger partial charge in [0.1, 0.15) is 5.75 Å². The molecule has 0 aliphatic heterocycles. The first-order valence-electron chi connectivity index (χ1n) is 6.79. The third-order valence-corrected chi connectivity index (χ3v) is 3.60. The summed E-state index contributed by atoms with van der Waals surface area (Å²) >= 11 is 0. The minimum absolute atomic E-state index is 0.814. The highest BCUT2D eigenvalue weighted by molar-refractivity contribution is 5.36. The molecule has 0 saturated heterocycles. The van der Waals surface area contributed by atoms with Crippen LogP contribution in [0.5, 0.6) is 5.75 Å². The van der Waals surface area contributed by atoms with Gasteiger partial charge in [-0.15, -0.1) is 0 Å². The quantitative estimate of drug-likeness (QED) is 0.802. The number of methoxy groups -OCH3 is 1. The van der Waals surface area contributed by atoms with Crippen LogP contribution in [0.3, 0.4) is 0 Å². The first-order chi connectivity index (χ1) is 8.79. The molecule has 2 nitrogen and oxygen atoms in total. The minimum atomic E-state index is 0.814. The number of hydrogen-bond donors (Lipinski definition) is 1. The van der Waals surface area contributed by atoms with E-state index in [0.717, 1.165) is 24.8 Å². The zero-order valence-electron chi connectivity index (χ0n) is 11.4. The Morgan fingerprint density at radius 1 is 1.33 bits per heavy atom. The molecule has 98 valence electrons. The number of aryl methyl sites for hydroxylation is 1. The smallest absolute Gasteiger partial charge is 0.121 e. The monoisotopic (exact) mass is 245 g/mol. The third-order valence-electron chi connectivity index (χ3n) is 3.60. The van der Waals surface area contributed by atoms with E-state index in [0.29, 0.717) is 0 Å². The second-order valence-electron chi connectivity index (χ2n) is 5.09. The lowest BCUT2D eigenvalue weighted by Gasteiger charge is -2.18. The zero-order valence-corrected chi connectivity index (χ0v) is 11.4. The van der Waals surface area contributed by atoms with Gasteiger partial charge in [-0.3, -0.25) is 0 Å². The molecule has 0 heterocycles. The molecule has 0 amide bonds. The summed E-state index contributed by atoms with van der Waals surface area (Å²) < 4.78 is 5.27. The van der Waals surface area contributed by atoms with E-state index < -0.39 is 0 Å². The summed E-state index contributed by atoms with van der Waals surface area (Å²) in [6.07, 6.45) is 8.41. The highest BCUT2D eigenvalue weighted by atomic mass is 16.5. The molecule has 0 fully saturated rings. The average molecular weight is 245 g/mol. The van der Waals surface area contributed by atoms with Crippen molar-refractivity contribution < 1.29 is 4.74 Å². The number of allylic oxidation sites excluding steroid dienone is 2. The van der Waals surface area contributed by atoms with Crippen LogP contribution in [0.25, 0.3) is 0 Å². The van der Waals surface area contributed by atoms with Crippen LogP contribution in [0.1, 0.15) is 30.4 Å². The lowest BCUT2D eigenvalue weighted by Crippen LogP contribution is -2.23. The molecule has 0 aromatic heterocycles. The summed E-state index contributed by atoms with van der Waals surface area (Å²) in [4.78, 5) is 0. The van der Waals surface area contributed by atoms with Crippen molar-refractivity contribution in [1.29, 1.82) is 0 Å². The van der Waals surface area contributed by atoms with Gasteiger partial charge in [-0.2, -0.15) is 0 Å². The van der Waals surface area contributed by atoms with Crippen molar-refractivity contribution in [3.8, 4) is 5.75 Å². The van der Waals surface area contributed by atoms with E-state index in [-0.39, 0.29) is 0 Å². The van der Waals surface area contributed by atoms with Crippen molar-refractivity contribution in [2.45, 2.75) is 32.7 Å². The summed E-state index contributed by atoms with van der Waals surface area (Å²) in [7, 11) is 1.72. The van der Waals surface area contributed by atoms with Gasteiger partial charge < -0.3 is 10.1 Å². The predicted molar refractivity (Wildman–Crippen MR) is 75.9 cm³/mol. The van der Waals surface area contributed by atoms with E-state index >= 15 is 0 Å². The van der Waals surface area contributed by atoms with Gasteiger partial charge in [0.2, 0.25) is 0 Å². The largest absolute Gasteiger partial charge is 0.496 e. The van der Waals surface area contributed by atoms with Gasteiger partial charge in [0.25, 0.3) is 0 Å². The van der Waals surface area contributed by atoms with Gasteiger partial charge in [0, 0.05) is 6.54 Å². The van der Waals surface area contributed by atoms with Crippen LogP contribution in [0, 0.1) is 12.8 Å². The highest BCUT2D eigenvalue weighted by Gasteiger charge is 2.09. The fourth-order valence-electron chi connectivity index (χ4n) is 2.51. The predicted octanol–water partition coefficient (Wildman–Crippen LogP) is 3.45. The maximum Gasteiger partial charge on any atom is 0.121 e. The van der Waals surface area contributed by atoms with Crippen molar-refractivity contribution in [3.05, 3.63) is 41.5 Å². The van der Waals surface area contributed by atoms with Crippen LogP contribution < -0.4 is 10.1 Å². The topological polar surface area (TPSA) is 21.3 Å². The minimum Gasteiger partial charge on any atom is -0.496 e. The molecule has 18 heavy (non-hydrogen) atoms. The van der Waals surface area contributed by atoms with E-state index in [1.54, 1.807) is 7.11 Å². The molecule has 0 saturated carbocycles. The average Bonchev–Trinajstić information content (AvgIpc) is 2.40. The highest BCUT2D eigenvalue weighted by Crippen LogP contribution is 2.19. The fourth-order valence-corrected chi connectivity index (χ4v) is 2.51. The second-order valence-corrected chi connectivity index (χ2v) is 5.09. The summed E-state index contributed by atoms with van der Waals surface area (Å²) in [5.41, 5.74) is 2.54. The molecule has 0 radical (unpaired) electrons. The third kappa shape index (κ3) is 3.61. The SMILES string of the molecule is COc1ccc(CNCC2CC=CCC2)cc1C. The standard InChI is InChI=1S/C16H23NO/c1-13-10-15(8-9-16(13)18-2)12-17-11-14-6-4-3-5-7-14/h3-4,8-10,14,17H,5-7,11-12H2,1-2H3. The first-order valence-corrected chi connectivity index (χ1v) is 6.79. The zero-order chi connectivity index (χ0) is 12.8. The van der Waals surface area contributed by atoms with E-state index in [1.165, 1.54) is 30.4 Å². The summed E-state index contributed by atoms with van der Waals surface area (Å²) in [5.74, 6) is 1.78. The van der Waals surface area contributed by atoms with Crippen LogP contribution in [0.15, 0.2) is 30.4 Å². The molecule has 1 atom stereocenters. The Morgan fingerprint density at radius 2 is 2.22 bits per heavy atom. The number of rotatable bonds is 5. The Bertz CT molecular complexity index is 412. The molecule has 1 aromatic rings. The van der Waals surface area contributed by atoms with Gasteiger partial charge in [0.05, 0.1) is 7.11 Å². The summed E-state index contributed by atoms with van der Waals surface area (Å²) in [6, 6.07) is 6.39. The Morgan fingerprint density at radius 3 is 2.89 bits per heavy atom. The Balaban J connectivity index is 1.79. The van der Waals surface area contributed by atoms with Crippen molar-refractivity contribution >= 4 is 0 Å². The molecule has 1 aliphatic rings. The van der Waals surface area contributed by atoms with Crippen LogP contribution >= 0.6 is 0 Å². The van der Waals surface area contributed by atoms with E-state index in [1.807, 2.05) is 0 Å². The van der Waals surface area contributed by atoms with Crippen molar-refractivity contribution in [3.63, 3.8) is 0 Å². The molecular formula is C16H23NO. The van der Waals surface area contributed by atoms with Gasteiger partial charge in [-0.05, 0) is 55.8 Å². The molecule has 2 heteroatoms. The normalized spacial score (nSPS) is 18.9. The first kappa shape index (κ1) is 13.2. The van der Waals surface area contributed by atoms with Crippen LogP contribution in [0.4, 0.5) is 0 Å². The summed E-state index contributed by atoms with van der Waals surface area (Å²) in [5, 5.41) is 3.56. The van der Waals surface area contributed by atoms with Gasteiger partial charge in [-0.25, -0.2) is 0 Å². The summed E-state index contributed by atoms with van der Waals surface area (Å²) in [6.45, 7) is 4.16. The van der Waals surface area contributed by atoms with E-state index in [4.69, 9.17) is 4.74 Å². The number of benzene rings is 1. The maximum absolute atomic E-state index is 5.27. The Labute approximate surface area is 110 Å². The van der Waals surface area contributed by atoms with Gasteiger partial charge in [0.15, 0.2) is 0 Å². The van der Waals surface area contributed by atoms with Crippen LogP contribution in [-0.2, 0) is 6.54 Å². The van der Waals surface area contributed by atoms with Gasteiger partial charge >= 0.3 is 0 Å². The van der Waals surface area contributed by atoms with Crippen molar-refractivity contribution in [2.75, 3.05) is 13.7 Å². The van der Waals surface area contributed by atoms with E-state index in [9.17, 15) is 0 Å². The second kappa shape index (κ2) is 6.60. The van der Waals surface area contributed by atoms with Crippen molar-refractivity contribution in [1.82, 2.24) is 5.32 Å². The Hall–Kier alpha value is -1.28. The van der Waals surface area contributed by atoms with Crippen LogP contribution in [0.2, 0.25) is 0 Å². The lowest BCUT2D eigenvalue weighted by atomic mass is 9.94. The fraction of sp³-hybridized carbons (Fsp3) is 0.500. The van der Waals surface area contributed by atoms with E-state index in [2.05, 4.69) is 42.6 Å². The molecule has 0 spiro atoms. The molecular weight excluding hydrogens is 222 g/mol. The maximum atomic E-state index is 5.27. The molecule has 1 N–H and O–H groups in total. The number of hydrogen-bond acceptors (Lipinski definition) is 2. The van der Waals surface area contributed by atoms with Crippen molar-refractivity contribution in [2.24, 2.45) is 5.92 Å². The van der Waals surface area contributed by atoms with Crippen LogP contribution in [-0.4, -0.2) is 13.7 Å².